The Hall–Kier alpha value is -1.46. The van der Waals surface area contributed by atoms with Crippen molar-refractivity contribution in [2.24, 2.45) is 0 Å². The Kier molecular flexibility index (Phi) is 3.98. The number of piperidine rings is 1. The predicted octanol–water partition coefficient (Wildman–Crippen LogP) is 2.98. The Balaban J connectivity index is 1.60. The summed E-state index contributed by atoms with van der Waals surface area (Å²) in [4.78, 5) is 6.46. The van der Waals surface area contributed by atoms with Gasteiger partial charge in [-0.25, -0.2) is 9.37 Å². The highest BCUT2D eigenvalue weighted by molar-refractivity contribution is 6.30. The molecular formula is C14H16ClFN4. The molecule has 1 N–H and O–H groups in total. The van der Waals surface area contributed by atoms with E-state index < -0.39 is 0 Å². The molecular weight excluding hydrogens is 279 g/mol. The zero-order valence-electron chi connectivity index (χ0n) is 11.0. The number of aromatic amines is 1. The SMILES string of the molecule is Fc1ccc(Cl)cc1CN1CCC(c2ncn[nH]2)CC1. The minimum absolute atomic E-state index is 0.188. The second-order valence-corrected chi connectivity index (χ2v) is 5.59. The molecule has 6 heteroatoms. The van der Waals surface area contributed by atoms with Crippen molar-refractivity contribution >= 4 is 11.6 Å². The molecule has 1 aliphatic heterocycles. The van der Waals surface area contributed by atoms with E-state index in [9.17, 15) is 4.39 Å². The molecule has 1 fully saturated rings. The van der Waals surface area contributed by atoms with E-state index >= 15 is 0 Å². The fraction of sp³-hybridized carbons (Fsp3) is 0.429. The summed E-state index contributed by atoms with van der Waals surface area (Å²) in [5, 5.41) is 7.40. The van der Waals surface area contributed by atoms with Crippen LogP contribution in [0.4, 0.5) is 4.39 Å². The Bertz CT molecular complexity index is 565. The number of nitrogens with one attached hydrogen (secondary N) is 1. The maximum Gasteiger partial charge on any atom is 0.137 e. The predicted molar refractivity (Wildman–Crippen MR) is 75.0 cm³/mol. The minimum Gasteiger partial charge on any atom is -0.299 e. The first-order valence-electron chi connectivity index (χ1n) is 6.74. The van der Waals surface area contributed by atoms with E-state index in [1.807, 2.05) is 0 Å². The molecule has 4 nitrogen and oxygen atoms in total. The number of nitrogens with zero attached hydrogens (tertiary/aromatic N) is 3. The van der Waals surface area contributed by atoms with E-state index in [1.54, 1.807) is 18.5 Å². The third kappa shape index (κ3) is 2.99. The van der Waals surface area contributed by atoms with Gasteiger partial charge in [0.05, 0.1) is 0 Å². The standard InChI is InChI=1S/C14H16ClFN4/c15-12-1-2-13(16)11(7-12)8-20-5-3-10(4-6-20)14-17-9-18-19-14/h1-2,7,9-10H,3-6,8H2,(H,17,18,19). The number of rotatable bonds is 3. The molecule has 0 bridgehead atoms. The number of H-pyrrole nitrogens is 1. The van der Waals surface area contributed by atoms with Crippen molar-refractivity contribution in [2.45, 2.75) is 25.3 Å². The summed E-state index contributed by atoms with van der Waals surface area (Å²) in [6.07, 6.45) is 3.57. The van der Waals surface area contributed by atoms with Gasteiger partial charge in [-0.1, -0.05) is 11.6 Å². The summed E-state index contributed by atoms with van der Waals surface area (Å²) >= 11 is 5.92. The third-order valence-electron chi connectivity index (χ3n) is 3.81. The lowest BCUT2D eigenvalue weighted by Gasteiger charge is -2.31. The van der Waals surface area contributed by atoms with E-state index in [-0.39, 0.29) is 5.82 Å². The average molecular weight is 295 g/mol. The van der Waals surface area contributed by atoms with Gasteiger partial charge in [-0.3, -0.25) is 10.00 Å². The molecule has 0 amide bonds. The second-order valence-electron chi connectivity index (χ2n) is 5.16. The lowest BCUT2D eigenvalue weighted by atomic mass is 9.96. The number of hydrogen-bond acceptors (Lipinski definition) is 3. The zero-order chi connectivity index (χ0) is 13.9. The number of benzene rings is 1. The molecule has 0 saturated carbocycles. The van der Waals surface area contributed by atoms with Crippen molar-refractivity contribution in [3.63, 3.8) is 0 Å². The van der Waals surface area contributed by atoms with Gasteiger partial charge in [0.15, 0.2) is 0 Å². The van der Waals surface area contributed by atoms with Crippen molar-refractivity contribution in [1.82, 2.24) is 20.1 Å². The Labute approximate surface area is 122 Å². The molecule has 1 aromatic heterocycles. The first-order chi connectivity index (χ1) is 9.72. The van der Waals surface area contributed by atoms with Crippen LogP contribution in [0.2, 0.25) is 5.02 Å². The average Bonchev–Trinajstić information content (AvgIpc) is 2.98. The van der Waals surface area contributed by atoms with Crippen LogP contribution >= 0.6 is 11.6 Å². The van der Waals surface area contributed by atoms with Gasteiger partial charge in [0.2, 0.25) is 0 Å². The first kappa shape index (κ1) is 13.5. The number of halogens is 2. The fourth-order valence-electron chi connectivity index (χ4n) is 2.68. The normalized spacial score (nSPS) is 17.5. The van der Waals surface area contributed by atoms with Gasteiger partial charge in [-0.05, 0) is 44.1 Å². The molecule has 20 heavy (non-hydrogen) atoms. The summed E-state index contributed by atoms with van der Waals surface area (Å²) in [6.45, 7) is 2.46. The molecule has 0 spiro atoms. The van der Waals surface area contributed by atoms with E-state index in [2.05, 4.69) is 20.1 Å². The quantitative estimate of drug-likeness (QED) is 0.946. The van der Waals surface area contributed by atoms with Crippen LogP contribution in [0, 0.1) is 5.82 Å². The van der Waals surface area contributed by atoms with Crippen molar-refractivity contribution in [3.05, 3.63) is 46.8 Å². The summed E-state index contributed by atoms with van der Waals surface area (Å²) in [5.41, 5.74) is 0.663. The molecule has 2 heterocycles. The maximum atomic E-state index is 13.7. The highest BCUT2D eigenvalue weighted by Gasteiger charge is 2.23. The van der Waals surface area contributed by atoms with Crippen LogP contribution in [0.25, 0.3) is 0 Å². The van der Waals surface area contributed by atoms with Gasteiger partial charge < -0.3 is 0 Å². The molecule has 3 rings (SSSR count). The van der Waals surface area contributed by atoms with Crippen molar-refractivity contribution in [1.29, 1.82) is 0 Å². The Morgan fingerprint density at radius 3 is 2.85 bits per heavy atom. The van der Waals surface area contributed by atoms with Gasteiger partial charge in [-0.2, -0.15) is 5.10 Å². The van der Waals surface area contributed by atoms with Crippen LogP contribution in [0.5, 0.6) is 0 Å². The van der Waals surface area contributed by atoms with E-state index in [1.165, 1.54) is 6.07 Å². The molecule has 0 radical (unpaired) electrons. The highest BCUT2D eigenvalue weighted by Crippen LogP contribution is 2.26. The molecule has 1 saturated heterocycles. The van der Waals surface area contributed by atoms with Gasteiger partial charge in [0.25, 0.3) is 0 Å². The largest absolute Gasteiger partial charge is 0.299 e. The second kappa shape index (κ2) is 5.89. The lowest BCUT2D eigenvalue weighted by molar-refractivity contribution is 0.199. The molecule has 0 atom stereocenters. The summed E-state index contributed by atoms with van der Waals surface area (Å²) in [5.74, 6) is 1.20. The number of aromatic nitrogens is 3. The van der Waals surface area contributed by atoms with E-state index in [0.29, 0.717) is 23.0 Å². The summed E-state index contributed by atoms with van der Waals surface area (Å²) in [7, 11) is 0. The van der Waals surface area contributed by atoms with Gasteiger partial charge in [0.1, 0.15) is 18.0 Å². The molecule has 0 unspecified atom stereocenters. The zero-order valence-corrected chi connectivity index (χ0v) is 11.8. The van der Waals surface area contributed by atoms with Crippen molar-refractivity contribution in [3.8, 4) is 0 Å². The third-order valence-corrected chi connectivity index (χ3v) is 4.04. The van der Waals surface area contributed by atoms with E-state index in [0.717, 1.165) is 31.8 Å². The van der Waals surface area contributed by atoms with E-state index in [4.69, 9.17) is 11.6 Å². The first-order valence-corrected chi connectivity index (χ1v) is 7.11. The smallest absolute Gasteiger partial charge is 0.137 e. The minimum atomic E-state index is -0.188. The molecule has 1 aromatic carbocycles. The summed E-state index contributed by atoms with van der Waals surface area (Å²) in [6, 6.07) is 4.72. The maximum absolute atomic E-state index is 13.7. The van der Waals surface area contributed by atoms with Gasteiger partial charge in [-0.15, -0.1) is 0 Å². The van der Waals surface area contributed by atoms with Crippen LogP contribution in [-0.4, -0.2) is 33.2 Å². The number of likely N-dealkylation sites (tertiary alicyclic amines) is 1. The Morgan fingerprint density at radius 1 is 1.35 bits per heavy atom. The summed E-state index contributed by atoms with van der Waals surface area (Å²) < 4.78 is 13.7. The fourth-order valence-corrected chi connectivity index (χ4v) is 2.88. The molecule has 0 aliphatic carbocycles. The lowest BCUT2D eigenvalue weighted by Crippen LogP contribution is -2.33. The monoisotopic (exact) mass is 294 g/mol. The van der Waals surface area contributed by atoms with Crippen molar-refractivity contribution in [2.75, 3.05) is 13.1 Å². The van der Waals surface area contributed by atoms with Crippen LogP contribution < -0.4 is 0 Å². The number of hydrogen-bond donors (Lipinski definition) is 1. The molecule has 1 aliphatic rings. The molecule has 2 aromatic rings. The Morgan fingerprint density at radius 2 is 2.15 bits per heavy atom. The molecule has 106 valence electrons. The van der Waals surface area contributed by atoms with Crippen LogP contribution in [0.15, 0.2) is 24.5 Å². The van der Waals surface area contributed by atoms with Crippen LogP contribution in [0.3, 0.4) is 0 Å². The van der Waals surface area contributed by atoms with Crippen LogP contribution in [0.1, 0.15) is 30.1 Å². The topological polar surface area (TPSA) is 44.8 Å². The van der Waals surface area contributed by atoms with Gasteiger partial charge in [0, 0.05) is 23.0 Å². The highest BCUT2D eigenvalue weighted by atomic mass is 35.5. The van der Waals surface area contributed by atoms with Crippen LogP contribution in [-0.2, 0) is 6.54 Å². The van der Waals surface area contributed by atoms with Gasteiger partial charge >= 0.3 is 0 Å². The van der Waals surface area contributed by atoms with Crippen molar-refractivity contribution < 1.29 is 4.39 Å².